The fraction of sp³-hybridized carbons (Fsp3) is 0.188. The van der Waals surface area contributed by atoms with Gasteiger partial charge < -0.3 is 5.11 Å². The molecule has 0 saturated heterocycles. The highest BCUT2D eigenvalue weighted by atomic mass is 16.6. The molecule has 2 aromatic carbocycles. The Balaban J connectivity index is 1.83. The summed E-state index contributed by atoms with van der Waals surface area (Å²) in [5.74, 6) is 0. The summed E-state index contributed by atoms with van der Waals surface area (Å²) in [6.07, 6.45) is 1.49. The minimum Gasteiger partial charge on any atom is -0.383 e. The van der Waals surface area contributed by atoms with Gasteiger partial charge in [-0.2, -0.15) is 0 Å². The third-order valence-electron chi connectivity index (χ3n) is 3.06. The van der Waals surface area contributed by atoms with Gasteiger partial charge in [0, 0.05) is 24.9 Å². The van der Waals surface area contributed by atoms with Crippen LogP contribution in [0.25, 0.3) is 0 Å². The molecule has 0 aromatic heterocycles. The zero-order valence-electron chi connectivity index (χ0n) is 11.4. The van der Waals surface area contributed by atoms with Crippen LogP contribution < -0.4 is 0 Å². The molecule has 2 aromatic rings. The third kappa shape index (κ3) is 4.50. The molecule has 1 unspecified atom stereocenters. The van der Waals surface area contributed by atoms with Crippen LogP contribution in [0.1, 0.15) is 17.2 Å². The summed E-state index contributed by atoms with van der Waals surface area (Å²) in [5.41, 5.74) is 1.87. The molecule has 5 nitrogen and oxygen atoms in total. The van der Waals surface area contributed by atoms with Gasteiger partial charge in [0.15, 0.2) is 0 Å². The molecule has 1 atom stereocenters. The van der Waals surface area contributed by atoms with Crippen LogP contribution >= 0.6 is 0 Å². The van der Waals surface area contributed by atoms with Gasteiger partial charge in [-0.05, 0) is 17.5 Å². The summed E-state index contributed by atoms with van der Waals surface area (Å²) in [6, 6.07) is 15.7. The monoisotopic (exact) mass is 284 g/mol. The van der Waals surface area contributed by atoms with Gasteiger partial charge in [-0.25, -0.2) is 0 Å². The molecule has 0 saturated carbocycles. The number of hydrogen-bond acceptors (Lipinski definition) is 4. The number of benzene rings is 2. The molecule has 2 rings (SSSR count). The molecule has 1 N–H and O–H groups in total. The maximum atomic E-state index is 10.5. The van der Waals surface area contributed by atoms with Crippen LogP contribution in [-0.4, -0.2) is 22.8 Å². The molecule has 0 aliphatic heterocycles. The Labute approximate surface area is 122 Å². The van der Waals surface area contributed by atoms with E-state index in [0.29, 0.717) is 13.0 Å². The zero-order valence-corrected chi connectivity index (χ0v) is 11.4. The van der Waals surface area contributed by atoms with E-state index in [9.17, 15) is 15.2 Å². The molecule has 0 spiro atoms. The third-order valence-corrected chi connectivity index (χ3v) is 3.06. The predicted octanol–water partition coefficient (Wildman–Crippen LogP) is 2.94. The Morgan fingerprint density at radius 2 is 1.81 bits per heavy atom. The van der Waals surface area contributed by atoms with E-state index in [4.69, 9.17) is 0 Å². The van der Waals surface area contributed by atoms with Crippen molar-refractivity contribution < 1.29 is 10.0 Å². The minimum absolute atomic E-state index is 0.0850. The van der Waals surface area contributed by atoms with Crippen LogP contribution in [-0.2, 0) is 6.42 Å². The molecule has 0 aliphatic rings. The first kappa shape index (κ1) is 14.9. The Morgan fingerprint density at radius 3 is 2.43 bits per heavy atom. The average molecular weight is 284 g/mol. The lowest BCUT2D eigenvalue weighted by Gasteiger charge is -2.04. The number of aliphatic imine (C=N–C) groups is 1. The summed E-state index contributed by atoms with van der Waals surface area (Å²) >= 11 is 0. The molecule has 0 bridgehead atoms. The van der Waals surface area contributed by atoms with Gasteiger partial charge in [-0.15, -0.1) is 0 Å². The summed E-state index contributed by atoms with van der Waals surface area (Å²) in [7, 11) is 0. The van der Waals surface area contributed by atoms with Gasteiger partial charge in [0.25, 0.3) is 5.69 Å². The Hall–Kier alpha value is -2.53. The molecule has 0 amide bonds. The van der Waals surface area contributed by atoms with Gasteiger partial charge in [0.2, 0.25) is 0 Å². The van der Waals surface area contributed by atoms with E-state index in [1.807, 2.05) is 30.3 Å². The fourth-order valence-corrected chi connectivity index (χ4v) is 1.89. The fourth-order valence-electron chi connectivity index (χ4n) is 1.89. The average Bonchev–Trinajstić information content (AvgIpc) is 2.52. The molecule has 108 valence electrons. The molecule has 21 heavy (non-hydrogen) atoms. The lowest BCUT2D eigenvalue weighted by Crippen LogP contribution is -1.99. The number of hydrogen-bond donors (Lipinski definition) is 1. The van der Waals surface area contributed by atoms with E-state index >= 15 is 0 Å². The van der Waals surface area contributed by atoms with E-state index in [-0.39, 0.29) is 5.69 Å². The van der Waals surface area contributed by atoms with Crippen LogP contribution in [0.3, 0.4) is 0 Å². The van der Waals surface area contributed by atoms with Gasteiger partial charge in [0.05, 0.1) is 4.92 Å². The van der Waals surface area contributed by atoms with Crippen molar-refractivity contribution in [2.24, 2.45) is 4.99 Å². The van der Waals surface area contributed by atoms with Crippen LogP contribution in [0.4, 0.5) is 5.69 Å². The summed E-state index contributed by atoms with van der Waals surface area (Å²) in [6.45, 7) is 0.529. The van der Waals surface area contributed by atoms with E-state index < -0.39 is 11.0 Å². The predicted molar refractivity (Wildman–Crippen MR) is 81.6 cm³/mol. The van der Waals surface area contributed by atoms with Crippen molar-refractivity contribution in [2.45, 2.75) is 12.5 Å². The molecule has 0 radical (unpaired) electrons. The Morgan fingerprint density at radius 1 is 1.14 bits per heavy atom. The molecule has 5 heteroatoms. The van der Waals surface area contributed by atoms with Crippen molar-refractivity contribution in [3.05, 3.63) is 75.8 Å². The van der Waals surface area contributed by atoms with Crippen LogP contribution in [0.15, 0.2) is 59.6 Å². The van der Waals surface area contributed by atoms with Gasteiger partial charge >= 0.3 is 0 Å². The number of nitro groups is 1. The summed E-state index contributed by atoms with van der Waals surface area (Å²) in [5, 5.41) is 20.4. The smallest absolute Gasteiger partial charge is 0.269 e. The van der Waals surface area contributed by atoms with Crippen molar-refractivity contribution in [2.75, 3.05) is 6.54 Å². The van der Waals surface area contributed by atoms with E-state index in [1.54, 1.807) is 12.1 Å². The van der Waals surface area contributed by atoms with E-state index in [0.717, 1.165) is 11.1 Å². The maximum absolute atomic E-state index is 10.5. The standard InChI is InChI=1S/C16H16N2O3/c19-16(14-4-2-1-3-5-14)12-17-11-10-13-6-8-15(9-7-13)18(20)21/h1-9,12,16,19H,10-11H2. The number of non-ortho nitro benzene ring substituents is 1. The van der Waals surface area contributed by atoms with Gasteiger partial charge in [-0.1, -0.05) is 42.5 Å². The van der Waals surface area contributed by atoms with Crippen LogP contribution in [0, 0.1) is 10.1 Å². The molecule has 0 heterocycles. The highest BCUT2D eigenvalue weighted by molar-refractivity contribution is 5.65. The Kier molecular flexibility index (Phi) is 5.17. The highest BCUT2D eigenvalue weighted by Gasteiger charge is 2.04. The quantitative estimate of drug-likeness (QED) is 0.503. The second-order valence-corrected chi connectivity index (χ2v) is 4.58. The van der Waals surface area contributed by atoms with E-state index in [1.165, 1.54) is 18.3 Å². The molecule has 0 aliphatic carbocycles. The van der Waals surface area contributed by atoms with Crippen molar-refractivity contribution >= 4 is 11.9 Å². The van der Waals surface area contributed by atoms with Crippen LogP contribution in [0.5, 0.6) is 0 Å². The van der Waals surface area contributed by atoms with Crippen molar-refractivity contribution in [1.29, 1.82) is 0 Å². The normalized spacial score (nSPS) is 12.4. The SMILES string of the molecule is O=[N+]([O-])c1ccc(CCN=CC(O)c2ccccc2)cc1. The van der Waals surface area contributed by atoms with Crippen molar-refractivity contribution in [3.63, 3.8) is 0 Å². The lowest BCUT2D eigenvalue weighted by atomic mass is 10.1. The number of rotatable bonds is 6. The topological polar surface area (TPSA) is 75.7 Å². The molecular weight excluding hydrogens is 268 g/mol. The number of aliphatic hydroxyl groups is 1. The minimum atomic E-state index is -0.705. The van der Waals surface area contributed by atoms with Gasteiger partial charge in [-0.3, -0.25) is 15.1 Å². The van der Waals surface area contributed by atoms with E-state index in [2.05, 4.69) is 4.99 Å². The Bertz CT molecular complexity index is 609. The van der Waals surface area contributed by atoms with Crippen molar-refractivity contribution in [1.82, 2.24) is 0 Å². The first-order valence-corrected chi connectivity index (χ1v) is 6.63. The first-order chi connectivity index (χ1) is 10.2. The zero-order chi connectivity index (χ0) is 15.1. The van der Waals surface area contributed by atoms with Gasteiger partial charge in [0.1, 0.15) is 6.10 Å². The molecule has 0 fully saturated rings. The number of aliphatic hydroxyl groups excluding tert-OH is 1. The largest absolute Gasteiger partial charge is 0.383 e. The lowest BCUT2D eigenvalue weighted by molar-refractivity contribution is -0.384. The first-order valence-electron chi connectivity index (χ1n) is 6.63. The second-order valence-electron chi connectivity index (χ2n) is 4.58. The second kappa shape index (κ2) is 7.31. The highest BCUT2D eigenvalue weighted by Crippen LogP contribution is 2.12. The van der Waals surface area contributed by atoms with Crippen molar-refractivity contribution in [3.8, 4) is 0 Å². The van der Waals surface area contributed by atoms with Crippen LogP contribution in [0.2, 0.25) is 0 Å². The summed E-state index contributed by atoms with van der Waals surface area (Å²) < 4.78 is 0. The molecular formula is C16H16N2O3. The summed E-state index contributed by atoms with van der Waals surface area (Å²) in [4.78, 5) is 14.3. The maximum Gasteiger partial charge on any atom is 0.269 e. The number of nitrogens with zero attached hydrogens (tertiary/aromatic N) is 2. The number of nitro benzene ring substituents is 1.